The molecule has 2 rings (SSSR count). The van der Waals surface area contributed by atoms with Gasteiger partial charge in [-0.15, -0.1) is 0 Å². The van der Waals surface area contributed by atoms with Crippen molar-refractivity contribution in [1.82, 2.24) is 9.88 Å². The number of rotatable bonds is 4. The van der Waals surface area contributed by atoms with E-state index in [0.29, 0.717) is 12.2 Å². The van der Waals surface area contributed by atoms with E-state index in [0.717, 1.165) is 16.5 Å². The van der Waals surface area contributed by atoms with Gasteiger partial charge in [-0.05, 0) is 39.5 Å². The molecule has 0 saturated carbocycles. The lowest BCUT2D eigenvalue weighted by Gasteiger charge is -2.16. The summed E-state index contributed by atoms with van der Waals surface area (Å²) in [5.74, 6) is -0.00901. The third-order valence-electron chi connectivity index (χ3n) is 3.08. The van der Waals surface area contributed by atoms with Crippen LogP contribution in [0.5, 0.6) is 0 Å². The van der Waals surface area contributed by atoms with Crippen LogP contribution in [0.4, 0.5) is 0 Å². The van der Waals surface area contributed by atoms with E-state index in [1.165, 1.54) is 5.56 Å². The summed E-state index contributed by atoms with van der Waals surface area (Å²) in [4.78, 5) is 16.8. The van der Waals surface area contributed by atoms with Crippen LogP contribution < -0.4 is 0 Å². The van der Waals surface area contributed by atoms with Gasteiger partial charge in [-0.25, -0.2) is 0 Å². The lowest BCUT2D eigenvalue weighted by molar-refractivity contribution is 0.0780. The normalized spacial score (nSPS) is 10.5. The highest BCUT2D eigenvalue weighted by molar-refractivity contribution is 9.10. The first kappa shape index (κ1) is 13.9. The van der Waals surface area contributed by atoms with E-state index in [1.54, 1.807) is 17.2 Å². The summed E-state index contributed by atoms with van der Waals surface area (Å²) >= 11 is 3.33. The summed E-state index contributed by atoms with van der Waals surface area (Å²) < 4.78 is 0.886. The highest BCUT2D eigenvalue weighted by atomic mass is 79.9. The van der Waals surface area contributed by atoms with Crippen molar-refractivity contribution in [2.75, 3.05) is 7.05 Å². The first-order valence-electron chi connectivity index (χ1n) is 6.27. The number of aromatic nitrogens is 1. The van der Waals surface area contributed by atoms with Crippen LogP contribution in [0.2, 0.25) is 0 Å². The largest absolute Gasteiger partial charge is 0.356 e. The Morgan fingerprint density at radius 3 is 2.42 bits per heavy atom. The third kappa shape index (κ3) is 3.47. The monoisotopic (exact) mass is 320 g/mol. The van der Waals surface area contributed by atoms with Crippen LogP contribution in [0.3, 0.4) is 0 Å². The summed E-state index contributed by atoms with van der Waals surface area (Å²) in [7, 11) is 1.81. The second kappa shape index (κ2) is 6.06. The number of aromatic amines is 1. The quantitative estimate of drug-likeness (QED) is 0.917. The lowest BCUT2D eigenvalue weighted by Crippen LogP contribution is -2.26. The van der Waals surface area contributed by atoms with Gasteiger partial charge in [0.2, 0.25) is 0 Å². The van der Waals surface area contributed by atoms with Crippen LogP contribution in [0, 0.1) is 0 Å². The van der Waals surface area contributed by atoms with Crippen molar-refractivity contribution < 1.29 is 4.79 Å². The highest BCUT2D eigenvalue weighted by Crippen LogP contribution is 2.14. The number of carbonyl (C=O) groups excluding carboxylic acids is 1. The minimum Gasteiger partial charge on any atom is -0.356 e. The standard InChI is InChI=1S/C15H17BrN2O/c1-3-11-4-6-12(7-5-11)10-18(2)15(19)14-8-13(16)9-17-14/h4-9,17H,3,10H2,1-2H3. The molecular formula is C15H17BrN2O. The molecule has 0 atom stereocenters. The molecule has 1 aromatic carbocycles. The van der Waals surface area contributed by atoms with E-state index in [2.05, 4.69) is 52.1 Å². The molecule has 0 spiro atoms. The molecule has 2 aromatic rings. The number of halogens is 1. The maximum absolute atomic E-state index is 12.2. The topological polar surface area (TPSA) is 36.1 Å². The molecule has 0 unspecified atom stereocenters. The number of hydrogen-bond donors (Lipinski definition) is 1. The zero-order valence-corrected chi connectivity index (χ0v) is 12.7. The first-order valence-corrected chi connectivity index (χ1v) is 7.06. The Labute approximate surface area is 121 Å². The predicted octanol–water partition coefficient (Wildman–Crippen LogP) is 3.61. The fraction of sp³-hybridized carbons (Fsp3) is 0.267. The molecule has 19 heavy (non-hydrogen) atoms. The smallest absolute Gasteiger partial charge is 0.270 e. The van der Waals surface area contributed by atoms with E-state index in [4.69, 9.17) is 0 Å². The Kier molecular flexibility index (Phi) is 4.43. The molecule has 0 fully saturated rings. The van der Waals surface area contributed by atoms with Crippen molar-refractivity contribution in [1.29, 1.82) is 0 Å². The maximum atomic E-state index is 12.2. The summed E-state index contributed by atoms with van der Waals surface area (Å²) in [6.45, 7) is 2.74. The number of nitrogens with one attached hydrogen (secondary N) is 1. The minimum absolute atomic E-state index is 0.00901. The van der Waals surface area contributed by atoms with Crippen molar-refractivity contribution in [3.05, 3.63) is 57.8 Å². The van der Waals surface area contributed by atoms with Crippen LogP contribution in [-0.4, -0.2) is 22.8 Å². The second-order valence-corrected chi connectivity index (χ2v) is 5.48. The number of H-pyrrole nitrogens is 1. The molecule has 0 aliphatic heterocycles. The van der Waals surface area contributed by atoms with Crippen molar-refractivity contribution >= 4 is 21.8 Å². The Bertz CT molecular complexity index is 560. The molecule has 0 bridgehead atoms. The second-order valence-electron chi connectivity index (χ2n) is 4.56. The van der Waals surface area contributed by atoms with Gasteiger partial charge >= 0.3 is 0 Å². The number of aryl methyl sites for hydroxylation is 1. The fourth-order valence-electron chi connectivity index (χ4n) is 1.92. The third-order valence-corrected chi connectivity index (χ3v) is 3.53. The van der Waals surface area contributed by atoms with Gasteiger partial charge in [0.25, 0.3) is 5.91 Å². The molecule has 3 nitrogen and oxygen atoms in total. The average molecular weight is 321 g/mol. The number of benzene rings is 1. The molecule has 4 heteroatoms. The Morgan fingerprint density at radius 2 is 1.89 bits per heavy atom. The van der Waals surface area contributed by atoms with Crippen molar-refractivity contribution in [2.45, 2.75) is 19.9 Å². The summed E-state index contributed by atoms with van der Waals surface area (Å²) in [5.41, 5.74) is 3.05. The Balaban J connectivity index is 2.03. The molecule has 0 aliphatic rings. The number of amides is 1. The molecule has 0 radical (unpaired) electrons. The minimum atomic E-state index is -0.00901. The van der Waals surface area contributed by atoms with Crippen LogP contribution >= 0.6 is 15.9 Å². The number of nitrogens with zero attached hydrogens (tertiary/aromatic N) is 1. The van der Waals surface area contributed by atoms with Crippen LogP contribution in [0.15, 0.2) is 41.0 Å². The molecule has 0 aliphatic carbocycles. The van der Waals surface area contributed by atoms with Crippen LogP contribution in [-0.2, 0) is 13.0 Å². The van der Waals surface area contributed by atoms with E-state index in [9.17, 15) is 4.79 Å². The molecule has 1 amide bonds. The SMILES string of the molecule is CCc1ccc(CN(C)C(=O)c2cc(Br)c[nH]2)cc1. The maximum Gasteiger partial charge on any atom is 0.270 e. The van der Waals surface area contributed by atoms with Crippen molar-refractivity contribution in [3.63, 3.8) is 0 Å². The average Bonchev–Trinajstić information content (AvgIpc) is 2.85. The highest BCUT2D eigenvalue weighted by Gasteiger charge is 2.13. The van der Waals surface area contributed by atoms with Crippen LogP contribution in [0.25, 0.3) is 0 Å². The van der Waals surface area contributed by atoms with Crippen molar-refractivity contribution in [3.8, 4) is 0 Å². The van der Waals surface area contributed by atoms with Gasteiger partial charge in [0.05, 0.1) is 0 Å². The van der Waals surface area contributed by atoms with E-state index in [-0.39, 0.29) is 5.91 Å². The Morgan fingerprint density at radius 1 is 1.26 bits per heavy atom. The van der Waals surface area contributed by atoms with E-state index < -0.39 is 0 Å². The van der Waals surface area contributed by atoms with Crippen molar-refractivity contribution in [2.24, 2.45) is 0 Å². The lowest BCUT2D eigenvalue weighted by atomic mass is 10.1. The molecule has 1 aromatic heterocycles. The number of hydrogen-bond acceptors (Lipinski definition) is 1. The van der Waals surface area contributed by atoms with Gasteiger partial charge in [-0.2, -0.15) is 0 Å². The van der Waals surface area contributed by atoms with Gasteiger partial charge in [0.1, 0.15) is 5.69 Å². The van der Waals surface area contributed by atoms with Gasteiger partial charge in [-0.1, -0.05) is 31.2 Å². The summed E-state index contributed by atoms with van der Waals surface area (Å²) in [6, 6.07) is 10.2. The van der Waals surface area contributed by atoms with Gasteiger partial charge in [0, 0.05) is 24.3 Å². The van der Waals surface area contributed by atoms with Gasteiger partial charge in [-0.3, -0.25) is 4.79 Å². The van der Waals surface area contributed by atoms with Crippen LogP contribution in [0.1, 0.15) is 28.5 Å². The molecule has 1 heterocycles. The predicted molar refractivity (Wildman–Crippen MR) is 80.1 cm³/mol. The zero-order valence-electron chi connectivity index (χ0n) is 11.1. The Hall–Kier alpha value is -1.55. The van der Waals surface area contributed by atoms with Gasteiger partial charge < -0.3 is 9.88 Å². The summed E-state index contributed by atoms with van der Waals surface area (Å²) in [5, 5.41) is 0. The zero-order chi connectivity index (χ0) is 13.8. The first-order chi connectivity index (χ1) is 9.10. The molecule has 0 saturated heterocycles. The molecular weight excluding hydrogens is 304 g/mol. The summed E-state index contributed by atoms with van der Waals surface area (Å²) in [6.07, 6.45) is 2.79. The van der Waals surface area contributed by atoms with E-state index >= 15 is 0 Å². The fourth-order valence-corrected chi connectivity index (χ4v) is 2.27. The molecule has 1 N–H and O–H groups in total. The van der Waals surface area contributed by atoms with E-state index in [1.807, 2.05) is 7.05 Å². The van der Waals surface area contributed by atoms with Gasteiger partial charge in [0.15, 0.2) is 0 Å². The number of carbonyl (C=O) groups is 1. The molecule has 100 valence electrons.